The number of aromatic amines is 1. The summed E-state index contributed by atoms with van der Waals surface area (Å²) in [5.74, 6) is 0.967. The summed E-state index contributed by atoms with van der Waals surface area (Å²) in [6.45, 7) is 6.95. The fourth-order valence-corrected chi connectivity index (χ4v) is 3.86. The van der Waals surface area contributed by atoms with E-state index in [1.54, 1.807) is 13.3 Å². The molecule has 8 heteroatoms. The summed E-state index contributed by atoms with van der Waals surface area (Å²) in [7, 11) is 0. The Morgan fingerprint density at radius 3 is 2.96 bits per heavy atom. The van der Waals surface area contributed by atoms with Gasteiger partial charge >= 0.3 is 6.01 Å². The van der Waals surface area contributed by atoms with E-state index in [4.69, 9.17) is 9.52 Å². The average Bonchev–Trinajstić information content (AvgIpc) is 3.38. The smallest absolute Gasteiger partial charge is 0.319 e. The van der Waals surface area contributed by atoms with Crippen molar-refractivity contribution in [2.45, 2.75) is 39.2 Å². The first-order chi connectivity index (χ1) is 13.1. The number of aromatic nitrogens is 6. The number of nitrogens with zero attached hydrogens (tertiary/aromatic N) is 6. The van der Waals surface area contributed by atoms with Gasteiger partial charge in [-0.1, -0.05) is 25.0 Å². The van der Waals surface area contributed by atoms with Gasteiger partial charge in [-0.05, 0) is 23.6 Å². The van der Waals surface area contributed by atoms with E-state index in [9.17, 15) is 0 Å². The monoisotopic (exact) mass is 363 g/mol. The lowest BCUT2D eigenvalue weighted by Crippen LogP contribution is -2.36. The van der Waals surface area contributed by atoms with Crippen LogP contribution in [0.1, 0.15) is 54.3 Å². The average molecular weight is 363 g/mol. The molecule has 27 heavy (non-hydrogen) atoms. The van der Waals surface area contributed by atoms with E-state index in [0.717, 1.165) is 35.6 Å². The highest BCUT2D eigenvalue weighted by Gasteiger charge is 2.35. The van der Waals surface area contributed by atoms with Gasteiger partial charge in [0.05, 0.1) is 23.2 Å². The number of fused-ring (bicyclic) bond motifs is 2. The number of aryl methyl sites for hydroxylation is 1. The fraction of sp³-hybridized carbons (Fsp3) is 0.368. The van der Waals surface area contributed by atoms with Crippen molar-refractivity contribution in [3.8, 4) is 0 Å². The second kappa shape index (κ2) is 5.94. The number of imidazole rings is 1. The van der Waals surface area contributed by atoms with Crippen molar-refractivity contribution in [3.05, 3.63) is 59.3 Å². The standard InChI is InChI=1S/C19H21N7O/c1-11(2)13-5-4-7-26-16(13)9-15(24-26)18-17-14(20-10-21-17)6-8-25(18)19-23-22-12(3)27-19/h4-5,7,9-11,18H,6,8H2,1-3H3,(H,20,21). The van der Waals surface area contributed by atoms with E-state index in [0.29, 0.717) is 17.8 Å². The number of anilines is 1. The zero-order valence-electron chi connectivity index (χ0n) is 15.5. The molecule has 0 amide bonds. The second-order valence-electron chi connectivity index (χ2n) is 7.23. The summed E-state index contributed by atoms with van der Waals surface area (Å²) in [4.78, 5) is 9.94. The Bertz CT molecular complexity index is 1110. The van der Waals surface area contributed by atoms with Crippen LogP contribution in [-0.2, 0) is 6.42 Å². The molecule has 0 spiro atoms. The molecular formula is C19H21N7O. The van der Waals surface area contributed by atoms with Gasteiger partial charge in [0.2, 0.25) is 5.89 Å². The molecule has 0 fully saturated rings. The Morgan fingerprint density at radius 1 is 1.30 bits per heavy atom. The highest BCUT2D eigenvalue weighted by molar-refractivity contribution is 5.58. The third-order valence-electron chi connectivity index (χ3n) is 5.14. The van der Waals surface area contributed by atoms with Gasteiger partial charge in [0, 0.05) is 31.8 Å². The first-order valence-electron chi connectivity index (χ1n) is 9.19. The van der Waals surface area contributed by atoms with Gasteiger partial charge in [-0.25, -0.2) is 9.50 Å². The molecule has 8 nitrogen and oxygen atoms in total. The maximum absolute atomic E-state index is 5.73. The first kappa shape index (κ1) is 16.0. The van der Waals surface area contributed by atoms with Crippen LogP contribution in [0, 0.1) is 6.92 Å². The zero-order chi connectivity index (χ0) is 18.5. The summed E-state index contributed by atoms with van der Waals surface area (Å²) >= 11 is 0. The second-order valence-corrected chi connectivity index (χ2v) is 7.23. The normalized spacial score (nSPS) is 17.0. The van der Waals surface area contributed by atoms with Gasteiger partial charge in [0.15, 0.2) is 0 Å². The van der Waals surface area contributed by atoms with Crippen molar-refractivity contribution in [3.63, 3.8) is 0 Å². The largest absolute Gasteiger partial charge is 0.408 e. The van der Waals surface area contributed by atoms with Crippen LogP contribution in [0.3, 0.4) is 0 Å². The molecule has 1 N–H and O–H groups in total. The molecule has 0 aliphatic carbocycles. The molecule has 1 aliphatic heterocycles. The summed E-state index contributed by atoms with van der Waals surface area (Å²) < 4.78 is 7.68. The molecule has 0 aromatic carbocycles. The van der Waals surface area contributed by atoms with Crippen molar-refractivity contribution in [2.24, 2.45) is 0 Å². The number of rotatable bonds is 3. The van der Waals surface area contributed by atoms with Crippen molar-refractivity contribution in [1.29, 1.82) is 0 Å². The lowest BCUT2D eigenvalue weighted by Gasteiger charge is -2.32. The van der Waals surface area contributed by atoms with Crippen LogP contribution in [0.5, 0.6) is 0 Å². The molecule has 5 heterocycles. The first-order valence-corrected chi connectivity index (χ1v) is 9.19. The Labute approximate surface area is 156 Å². The Kier molecular flexibility index (Phi) is 3.53. The zero-order valence-corrected chi connectivity index (χ0v) is 15.5. The van der Waals surface area contributed by atoms with Crippen molar-refractivity contribution in [2.75, 3.05) is 11.4 Å². The Morgan fingerprint density at radius 2 is 2.19 bits per heavy atom. The number of nitrogens with one attached hydrogen (secondary N) is 1. The minimum atomic E-state index is -0.167. The summed E-state index contributed by atoms with van der Waals surface area (Å²) in [6.07, 6.45) is 4.58. The van der Waals surface area contributed by atoms with Crippen LogP contribution in [-0.4, -0.2) is 36.3 Å². The van der Waals surface area contributed by atoms with Gasteiger partial charge in [0.25, 0.3) is 0 Å². The minimum Gasteiger partial charge on any atom is -0.408 e. The number of H-pyrrole nitrogens is 1. The highest BCUT2D eigenvalue weighted by atomic mass is 16.4. The Balaban J connectivity index is 1.68. The van der Waals surface area contributed by atoms with Crippen LogP contribution in [0.4, 0.5) is 6.01 Å². The van der Waals surface area contributed by atoms with Crippen LogP contribution in [0.25, 0.3) is 5.52 Å². The van der Waals surface area contributed by atoms with Crippen LogP contribution in [0.2, 0.25) is 0 Å². The van der Waals surface area contributed by atoms with Crippen LogP contribution < -0.4 is 4.90 Å². The highest BCUT2D eigenvalue weighted by Crippen LogP contribution is 2.36. The van der Waals surface area contributed by atoms with E-state index in [1.165, 1.54) is 5.56 Å². The van der Waals surface area contributed by atoms with Crippen LogP contribution >= 0.6 is 0 Å². The van der Waals surface area contributed by atoms with Crippen molar-refractivity contribution >= 4 is 11.5 Å². The molecule has 1 aliphatic rings. The lowest BCUT2D eigenvalue weighted by molar-refractivity contribution is 0.477. The molecule has 4 aromatic heterocycles. The van der Waals surface area contributed by atoms with Crippen molar-refractivity contribution in [1.82, 2.24) is 29.8 Å². The van der Waals surface area contributed by atoms with Crippen LogP contribution in [0.15, 0.2) is 35.1 Å². The van der Waals surface area contributed by atoms with E-state index in [2.05, 4.69) is 51.0 Å². The van der Waals surface area contributed by atoms with E-state index < -0.39 is 0 Å². The molecule has 0 radical (unpaired) electrons. The maximum atomic E-state index is 5.73. The van der Waals surface area contributed by atoms with Gasteiger partial charge in [0.1, 0.15) is 6.04 Å². The predicted octanol–water partition coefficient (Wildman–Crippen LogP) is 3.02. The number of hydrogen-bond donors (Lipinski definition) is 1. The SMILES string of the molecule is Cc1nnc(N2CCc3[nH]cnc3C2c2cc3c(C(C)C)cccn3n2)o1. The number of hydrogen-bond acceptors (Lipinski definition) is 6. The number of pyridine rings is 1. The topological polar surface area (TPSA) is 88.1 Å². The molecule has 1 unspecified atom stereocenters. The quantitative estimate of drug-likeness (QED) is 0.602. The third kappa shape index (κ3) is 2.51. The molecule has 4 aromatic rings. The van der Waals surface area contributed by atoms with Gasteiger partial charge in [-0.2, -0.15) is 5.10 Å². The van der Waals surface area contributed by atoms with E-state index >= 15 is 0 Å². The fourth-order valence-electron chi connectivity index (χ4n) is 3.86. The van der Waals surface area contributed by atoms with Gasteiger partial charge in [-0.3, -0.25) is 0 Å². The maximum Gasteiger partial charge on any atom is 0.319 e. The summed E-state index contributed by atoms with van der Waals surface area (Å²) in [6, 6.07) is 6.69. The summed E-state index contributed by atoms with van der Waals surface area (Å²) in [5.41, 5.74) is 5.41. The molecule has 0 saturated carbocycles. The van der Waals surface area contributed by atoms with Crippen molar-refractivity contribution < 1.29 is 4.42 Å². The van der Waals surface area contributed by atoms with E-state index in [-0.39, 0.29) is 6.04 Å². The van der Waals surface area contributed by atoms with E-state index in [1.807, 2.05) is 16.8 Å². The minimum absolute atomic E-state index is 0.167. The Hall–Kier alpha value is -3.16. The lowest BCUT2D eigenvalue weighted by atomic mass is 9.99. The predicted molar refractivity (Wildman–Crippen MR) is 99.8 cm³/mol. The van der Waals surface area contributed by atoms with Gasteiger partial charge < -0.3 is 14.3 Å². The molecule has 1 atom stereocenters. The molecule has 0 bridgehead atoms. The molecule has 0 saturated heterocycles. The third-order valence-corrected chi connectivity index (χ3v) is 5.14. The molecule has 5 rings (SSSR count). The summed E-state index contributed by atoms with van der Waals surface area (Å²) in [5, 5.41) is 13.1. The molecular weight excluding hydrogens is 342 g/mol. The molecule has 138 valence electrons. The van der Waals surface area contributed by atoms with Gasteiger partial charge in [-0.15, -0.1) is 5.10 Å².